The van der Waals surface area contributed by atoms with Gasteiger partial charge in [-0.05, 0) is 26.3 Å². The molecule has 0 radical (unpaired) electrons. The third-order valence-corrected chi connectivity index (χ3v) is 5.54. The lowest BCUT2D eigenvalue weighted by Gasteiger charge is -2.31. The van der Waals surface area contributed by atoms with Gasteiger partial charge < -0.3 is 19.3 Å². The van der Waals surface area contributed by atoms with Gasteiger partial charge in [0.05, 0.1) is 31.4 Å². The summed E-state index contributed by atoms with van der Waals surface area (Å²) in [4.78, 5) is 20.9. The Kier molecular flexibility index (Phi) is 5.03. The van der Waals surface area contributed by atoms with Gasteiger partial charge in [-0.15, -0.1) is 10.2 Å². The molecule has 2 aromatic heterocycles. The van der Waals surface area contributed by atoms with E-state index in [1.165, 1.54) is 6.20 Å². The second-order valence-electron chi connectivity index (χ2n) is 7.64. The van der Waals surface area contributed by atoms with Crippen molar-refractivity contribution >= 4 is 5.91 Å². The first-order valence-corrected chi connectivity index (χ1v) is 9.63. The fourth-order valence-electron chi connectivity index (χ4n) is 4.07. The summed E-state index contributed by atoms with van der Waals surface area (Å²) < 4.78 is 7.15. The van der Waals surface area contributed by atoms with Crippen molar-refractivity contribution in [1.82, 2.24) is 29.5 Å². The maximum absolute atomic E-state index is 12.8. The number of aliphatic hydroxyl groups is 1. The van der Waals surface area contributed by atoms with Crippen LogP contribution in [0.4, 0.5) is 0 Å². The highest BCUT2D eigenvalue weighted by Gasteiger charge is 2.38. The monoisotopic (exact) mass is 386 g/mol. The molecule has 1 N–H and O–H groups in total. The summed E-state index contributed by atoms with van der Waals surface area (Å²) in [5.41, 5.74) is 0.527. The predicted molar refractivity (Wildman–Crippen MR) is 101 cm³/mol. The van der Waals surface area contributed by atoms with Crippen molar-refractivity contribution < 1.29 is 14.6 Å². The van der Waals surface area contributed by atoms with E-state index in [9.17, 15) is 9.90 Å². The zero-order valence-corrected chi connectivity index (χ0v) is 16.4. The molecule has 1 fully saturated rings. The summed E-state index contributed by atoms with van der Waals surface area (Å²) in [6.07, 6.45) is 1.85. The number of carbonyl (C=O) groups excluding carboxylic acids is 1. The molecule has 1 saturated heterocycles. The van der Waals surface area contributed by atoms with E-state index in [0.29, 0.717) is 50.1 Å². The van der Waals surface area contributed by atoms with Gasteiger partial charge in [-0.1, -0.05) is 0 Å². The lowest BCUT2D eigenvalue weighted by atomic mass is 10.1. The van der Waals surface area contributed by atoms with Crippen molar-refractivity contribution in [3.8, 4) is 5.88 Å². The molecule has 2 aliphatic rings. The van der Waals surface area contributed by atoms with Gasteiger partial charge in [0.15, 0.2) is 11.6 Å². The number of ether oxygens (including phenoxy) is 1. The highest BCUT2D eigenvalue weighted by Crippen LogP contribution is 2.33. The number of rotatable bonds is 4. The first-order chi connectivity index (χ1) is 13.5. The predicted octanol–water partition coefficient (Wildman–Crippen LogP) is 0.854. The van der Waals surface area contributed by atoms with E-state index < -0.39 is 0 Å². The van der Waals surface area contributed by atoms with Crippen molar-refractivity contribution in [3.63, 3.8) is 0 Å². The summed E-state index contributed by atoms with van der Waals surface area (Å²) in [7, 11) is 1.54. The van der Waals surface area contributed by atoms with Crippen molar-refractivity contribution in [2.75, 3.05) is 20.2 Å². The molecule has 0 bridgehead atoms. The van der Waals surface area contributed by atoms with Crippen LogP contribution in [-0.2, 0) is 13.1 Å². The number of nitrogens with zero attached hydrogens (tertiary/aromatic N) is 6. The van der Waals surface area contributed by atoms with Crippen molar-refractivity contribution in [2.45, 2.75) is 51.5 Å². The molecule has 4 heterocycles. The molecular weight excluding hydrogens is 360 g/mol. The van der Waals surface area contributed by atoms with Gasteiger partial charge in [-0.2, -0.15) is 0 Å². The van der Waals surface area contributed by atoms with Gasteiger partial charge in [0, 0.05) is 37.9 Å². The third-order valence-electron chi connectivity index (χ3n) is 5.54. The van der Waals surface area contributed by atoms with Gasteiger partial charge in [0.2, 0.25) is 5.88 Å². The van der Waals surface area contributed by atoms with Gasteiger partial charge >= 0.3 is 0 Å². The smallest absolute Gasteiger partial charge is 0.255 e. The van der Waals surface area contributed by atoms with Crippen LogP contribution in [0, 0.1) is 0 Å². The van der Waals surface area contributed by atoms with Crippen LogP contribution < -0.4 is 4.74 Å². The van der Waals surface area contributed by atoms with E-state index in [4.69, 9.17) is 4.74 Å². The summed E-state index contributed by atoms with van der Waals surface area (Å²) in [5, 5.41) is 18.9. The fraction of sp³-hybridized carbons (Fsp3) is 0.579. The van der Waals surface area contributed by atoms with Crippen LogP contribution in [0.3, 0.4) is 0 Å². The Morgan fingerprint density at radius 2 is 2.11 bits per heavy atom. The Morgan fingerprint density at radius 3 is 2.79 bits per heavy atom. The van der Waals surface area contributed by atoms with Gasteiger partial charge in [0.1, 0.15) is 0 Å². The number of hydrogen-bond donors (Lipinski definition) is 1. The molecule has 150 valence electrons. The molecule has 2 aromatic rings. The number of hydrogen-bond acceptors (Lipinski definition) is 7. The lowest BCUT2D eigenvalue weighted by Crippen LogP contribution is -2.39. The molecule has 9 heteroatoms. The number of carbonyl (C=O) groups is 1. The lowest BCUT2D eigenvalue weighted by molar-refractivity contribution is 0.0703. The molecule has 28 heavy (non-hydrogen) atoms. The highest BCUT2D eigenvalue weighted by molar-refractivity contribution is 5.94. The Bertz CT molecular complexity index is 850. The number of likely N-dealkylation sites (tertiary alicyclic amines) is 1. The third kappa shape index (κ3) is 3.35. The molecule has 2 atom stereocenters. The molecule has 2 aliphatic heterocycles. The average Bonchev–Trinajstić information content (AvgIpc) is 3.30. The number of pyridine rings is 1. The number of aromatic nitrogens is 4. The molecule has 0 aromatic carbocycles. The Balaban J connectivity index is 1.52. The van der Waals surface area contributed by atoms with Crippen LogP contribution >= 0.6 is 0 Å². The zero-order chi connectivity index (χ0) is 19.8. The summed E-state index contributed by atoms with van der Waals surface area (Å²) in [6, 6.07) is 3.78. The minimum absolute atomic E-state index is 0.0595. The first kappa shape index (κ1) is 18.8. The fourth-order valence-corrected chi connectivity index (χ4v) is 4.07. The standard InChI is InChI=1S/C19H26N6O3/c1-12(2)25-10-14(26)8-15(25)18-22-21-16-11-23(6-7-24(16)18)19(27)13-4-5-17(28-3)20-9-13/h4-5,9,12,14-15,26H,6-8,10-11H2,1-3H3/t14-,15+/m1/s1. The summed E-state index contributed by atoms with van der Waals surface area (Å²) >= 11 is 0. The summed E-state index contributed by atoms with van der Waals surface area (Å²) in [5.74, 6) is 2.07. The quantitative estimate of drug-likeness (QED) is 0.832. The molecule has 0 spiro atoms. The van der Waals surface area contributed by atoms with Crippen molar-refractivity contribution in [2.24, 2.45) is 0 Å². The van der Waals surface area contributed by atoms with Crippen LogP contribution in [-0.4, -0.2) is 72.9 Å². The SMILES string of the molecule is COc1ccc(C(=O)N2CCn3c(nnc3[C@@H]3C[C@@H](O)CN3C(C)C)C2)cn1. The summed E-state index contributed by atoms with van der Waals surface area (Å²) in [6.45, 7) is 6.55. The van der Waals surface area contributed by atoms with E-state index in [1.54, 1.807) is 24.1 Å². The Morgan fingerprint density at radius 1 is 1.29 bits per heavy atom. The molecule has 9 nitrogen and oxygen atoms in total. The number of methoxy groups -OCH3 is 1. The maximum Gasteiger partial charge on any atom is 0.255 e. The first-order valence-electron chi connectivity index (χ1n) is 9.63. The molecule has 0 unspecified atom stereocenters. The van der Waals surface area contributed by atoms with E-state index in [1.807, 2.05) is 0 Å². The van der Waals surface area contributed by atoms with Crippen molar-refractivity contribution in [3.05, 3.63) is 35.5 Å². The van der Waals surface area contributed by atoms with Crippen molar-refractivity contribution in [1.29, 1.82) is 0 Å². The second-order valence-corrected chi connectivity index (χ2v) is 7.64. The highest BCUT2D eigenvalue weighted by atomic mass is 16.5. The normalized spacial score (nSPS) is 22.5. The van der Waals surface area contributed by atoms with Crippen LogP contribution in [0.25, 0.3) is 0 Å². The second kappa shape index (κ2) is 7.48. The van der Waals surface area contributed by atoms with Gasteiger partial charge in [-0.25, -0.2) is 4.98 Å². The largest absolute Gasteiger partial charge is 0.481 e. The number of β-amino-alcohol motifs (C(OH)–C–C–N with tert-alkyl or cyclic N) is 1. The Hall–Kier alpha value is -2.52. The van der Waals surface area contributed by atoms with Crippen LogP contribution in [0.1, 0.15) is 48.3 Å². The number of aliphatic hydroxyl groups excluding tert-OH is 1. The number of amides is 1. The topological polar surface area (TPSA) is 96.6 Å². The average molecular weight is 386 g/mol. The van der Waals surface area contributed by atoms with E-state index in [2.05, 4.69) is 38.5 Å². The van der Waals surface area contributed by atoms with Gasteiger partial charge in [-0.3, -0.25) is 9.69 Å². The Labute approximate surface area is 163 Å². The molecular formula is C19H26N6O3. The molecule has 4 rings (SSSR count). The van der Waals surface area contributed by atoms with E-state index in [-0.39, 0.29) is 18.1 Å². The maximum atomic E-state index is 12.8. The van der Waals surface area contributed by atoms with E-state index >= 15 is 0 Å². The minimum atomic E-state index is -0.343. The number of fused-ring (bicyclic) bond motifs is 1. The van der Waals surface area contributed by atoms with Crippen LogP contribution in [0.2, 0.25) is 0 Å². The molecule has 1 amide bonds. The zero-order valence-electron chi connectivity index (χ0n) is 16.4. The molecule has 0 saturated carbocycles. The minimum Gasteiger partial charge on any atom is -0.481 e. The van der Waals surface area contributed by atoms with Gasteiger partial charge in [0.25, 0.3) is 5.91 Å². The van der Waals surface area contributed by atoms with Crippen LogP contribution in [0.5, 0.6) is 5.88 Å². The van der Waals surface area contributed by atoms with Crippen LogP contribution in [0.15, 0.2) is 18.3 Å². The van der Waals surface area contributed by atoms with E-state index in [0.717, 1.165) is 11.6 Å². The molecule has 0 aliphatic carbocycles.